The first-order valence-electron chi connectivity index (χ1n) is 4.69. The van der Waals surface area contributed by atoms with Crippen molar-refractivity contribution in [2.24, 2.45) is 0 Å². The van der Waals surface area contributed by atoms with Gasteiger partial charge in [-0.25, -0.2) is 4.39 Å². The van der Waals surface area contributed by atoms with Crippen LogP contribution in [0.4, 0.5) is 4.39 Å². The van der Waals surface area contributed by atoms with Gasteiger partial charge in [0, 0.05) is 24.5 Å². The second-order valence-corrected chi connectivity index (χ2v) is 4.19. The molecule has 1 aliphatic heterocycles. The van der Waals surface area contributed by atoms with E-state index < -0.39 is 5.67 Å². The molecule has 0 N–H and O–H groups in total. The minimum Gasteiger partial charge on any atom is -0.378 e. The molecule has 2 rings (SSSR count). The Morgan fingerprint density at radius 3 is 2.64 bits per heavy atom. The lowest BCUT2D eigenvalue weighted by atomic mass is 9.96. The number of hydrogen-bond donors (Lipinski definition) is 0. The molecule has 0 aliphatic carbocycles. The summed E-state index contributed by atoms with van der Waals surface area (Å²) in [7, 11) is 0. The fourth-order valence-electron chi connectivity index (χ4n) is 1.69. The van der Waals surface area contributed by atoms with Crippen LogP contribution in [0.15, 0.2) is 24.3 Å². The average molecular weight is 215 g/mol. The van der Waals surface area contributed by atoms with E-state index in [2.05, 4.69) is 0 Å². The van der Waals surface area contributed by atoms with Crippen LogP contribution in [0, 0.1) is 0 Å². The Morgan fingerprint density at radius 2 is 2.07 bits per heavy atom. The molecule has 0 radical (unpaired) electrons. The summed E-state index contributed by atoms with van der Waals surface area (Å²) in [5.74, 6) is 0. The third kappa shape index (κ3) is 2.25. The first-order chi connectivity index (χ1) is 6.68. The van der Waals surface area contributed by atoms with Crippen molar-refractivity contribution in [3.63, 3.8) is 0 Å². The highest BCUT2D eigenvalue weighted by atomic mass is 35.5. The first-order valence-corrected chi connectivity index (χ1v) is 5.07. The third-order valence-electron chi connectivity index (χ3n) is 2.49. The summed E-state index contributed by atoms with van der Waals surface area (Å²) < 4.78 is 19.0. The maximum absolute atomic E-state index is 13.9. The van der Waals surface area contributed by atoms with Gasteiger partial charge in [0.05, 0.1) is 6.61 Å². The van der Waals surface area contributed by atoms with Crippen LogP contribution < -0.4 is 0 Å². The average Bonchev–Trinajstić information content (AvgIpc) is 2.57. The molecule has 1 saturated heterocycles. The summed E-state index contributed by atoms with van der Waals surface area (Å²) in [5, 5.41) is 0.685. The zero-order valence-corrected chi connectivity index (χ0v) is 8.56. The zero-order valence-electron chi connectivity index (χ0n) is 7.80. The molecular weight excluding hydrogens is 203 g/mol. The van der Waals surface area contributed by atoms with E-state index in [9.17, 15) is 4.39 Å². The first kappa shape index (κ1) is 9.94. The lowest BCUT2D eigenvalue weighted by molar-refractivity contribution is 0.112. The standard InChI is InChI=1S/C11H12ClFO/c12-10-3-1-9(2-4-10)7-11(13)5-6-14-8-11/h1-4H,5-8H2. The number of halogens is 2. The van der Waals surface area contributed by atoms with Crippen LogP contribution in [-0.2, 0) is 11.2 Å². The van der Waals surface area contributed by atoms with E-state index in [1.54, 1.807) is 12.1 Å². The van der Waals surface area contributed by atoms with E-state index in [0.29, 0.717) is 24.5 Å². The minimum absolute atomic E-state index is 0.218. The van der Waals surface area contributed by atoms with Gasteiger partial charge in [0.25, 0.3) is 0 Å². The van der Waals surface area contributed by atoms with E-state index in [1.165, 1.54) is 0 Å². The molecule has 1 atom stereocenters. The monoisotopic (exact) mass is 214 g/mol. The predicted molar refractivity (Wildman–Crippen MR) is 54.4 cm³/mol. The van der Waals surface area contributed by atoms with Crippen molar-refractivity contribution in [1.82, 2.24) is 0 Å². The van der Waals surface area contributed by atoms with Crippen molar-refractivity contribution in [3.8, 4) is 0 Å². The van der Waals surface area contributed by atoms with E-state index in [0.717, 1.165) is 5.56 Å². The van der Waals surface area contributed by atoms with Crippen LogP contribution in [0.1, 0.15) is 12.0 Å². The molecule has 0 amide bonds. The molecule has 0 aromatic heterocycles. The van der Waals surface area contributed by atoms with Gasteiger partial charge in [-0.15, -0.1) is 0 Å². The maximum atomic E-state index is 13.9. The number of alkyl halides is 1. The molecule has 1 aromatic carbocycles. The summed E-state index contributed by atoms with van der Waals surface area (Å²) in [6, 6.07) is 7.30. The Kier molecular flexibility index (Phi) is 2.75. The van der Waals surface area contributed by atoms with Crippen molar-refractivity contribution < 1.29 is 9.13 Å². The minimum atomic E-state index is -1.17. The van der Waals surface area contributed by atoms with Gasteiger partial charge in [0.15, 0.2) is 0 Å². The van der Waals surface area contributed by atoms with E-state index >= 15 is 0 Å². The zero-order chi connectivity index (χ0) is 10.0. The molecule has 0 saturated carbocycles. The molecule has 14 heavy (non-hydrogen) atoms. The lowest BCUT2D eigenvalue weighted by Gasteiger charge is -2.16. The van der Waals surface area contributed by atoms with Crippen molar-refractivity contribution in [3.05, 3.63) is 34.9 Å². The van der Waals surface area contributed by atoms with Gasteiger partial charge in [0.2, 0.25) is 0 Å². The largest absolute Gasteiger partial charge is 0.378 e. The summed E-state index contributed by atoms with van der Waals surface area (Å²) >= 11 is 5.74. The highest BCUT2D eigenvalue weighted by Crippen LogP contribution is 2.27. The van der Waals surface area contributed by atoms with Crippen LogP contribution in [-0.4, -0.2) is 18.9 Å². The summed E-state index contributed by atoms with van der Waals surface area (Å²) in [6.07, 6.45) is 0.916. The number of rotatable bonds is 2. The molecule has 76 valence electrons. The Bertz CT molecular complexity index is 304. The van der Waals surface area contributed by atoms with Crippen LogP contribution in [0.25, 0.3) is 0 Å². The molecule has 1 nitrogen and oxygen atoms in total. The quantitative estimate of drug-likeness (QED) is 0.736. The van der Waals surface area contributed by atoms with Gasteiger partial charge < -0.3 is 4.74 Å². The number of ether oxygens (including phenoxy) is 1. The van der Waals surface area contributed by atoms with Crippen LogP contribution in [0.5, 0.6) is 0 Å². The van der Waals surface area contributed by atoms with Gasteiger partial charge >= 0.3 is 0 Å². The van der Waals surface area contributed by atoms with Gasteiger partial charge in [-0.1, -0.05) is 23.7 Å². The Labute approximate surface area is 87.8 Å². The molecule has 0 bridgehead atoms. The van der Waals surface area contributed by atoms with E-state index in [4.69, 9.17) is 16.3 Å². The number of hydrogen-bond acceptors (Lipinski definition) is 1. The van der Waals surface area contributed by atoms with Crippen molar-refractivity contribution >= 4 is 11.6 Å². The lowest BCUT2D eigenvalue weighted by Crippen LogP contribution is -2.25. The summed E-state index contributed by atoms with van der Waals surface area (Å²) in [5.41, 5.74) is -0.198. The van der Waals surface area contributed by atoms with Crippen LogP contribution in [0.3, 0.4) is 0 Å². The van der Waals surface area contributed by atoms with Crippen LogP contribution >= 0.6 is 11.6 Å². The second kappa shape index (κ2) is 3.87. The van der Waals surface area contributed by atoms with Gasteiger partial charge in [0.1, 0.15) is 5.67 Å². The second-order valence-electron chi connectivity index (χ2n) is 3.76. The number of benzene rings is 1. The topological polar surface area (TPSA) is 9.23 Å². The maximum Gasteiger partial charge on any atom is 0.140 e. The van der Waals surface area contributed by atoms with Gasteiger partial charge in [-0.3, -0.25) is 0 Å². The molecule has 0 spiro atoms. The van der Waals surface area contributed by atoms with Crippen molar-refractivity contribution in [1.29, 1.82) is 0 Å². The SMILES string of the molecule is FC1(Cc2ccc(Cl)cc2)CCOC1. The fourth-order valence-corrected chi connectivity index (χ4v) is 1.82. The fraction of sp³-hybridized carbons (Fsp3) is 0.455. The molecular formula is C11H12ClFO. The van der Waals surface area contributed by atoms with E-state index in [1.807, 2.05) is 12.1 Å². The Hall–Kier alpha value is -0.600. The predicted octanol–water partition coefficient (Wildman–Crippen LogP) is 3.01. The molecule has 1 aliphatic rings. The third-order valence-corrected chi connectivity index (χ3v) is 2.74. The highest BCUT2D eigenvalue weighted by Gasteiger charge is 2.34. The molecule has 3 heteroatoms. The smallest absolute Gasteiger partial charge is 0.140 e. The van der Waals surface area contributed by atoms with E-state index in [-0.39, 0.29) is 6.61 Å². The summed E-state index contributed by atoms with van der Waals surface area (Å²) in [4.78, 5) is 0. The normalized spacial score (nSPS) is 26.7. The van der Waals surface area contributed by atoms with Gasteiger partial charge in [-0.2, -0.15) is 0 Å². The molecule has 1 aromatic rings. The summed E-state index contributed by atoms with van der Waals surface area (Å²) in [6.45, 7) is 0.750. The van der Waals surface area contributed by atoms with Crippen molar-refractivity contribution in [2.45, 2.75) is 18.5 Å². The van der Waals surface area contributed by atoms with Crippen LogP contribution in [0.2, 0.25) is 5.02 Å². The van der Waals surface area contributed by atoms with Crippen molar-refractivity contribution in [2.75, 3.05) is 13.2 Å². The Morgan fingerprint density at radius 1 is 1.36 bits per heavy atom. The highest BCUT2D eigenvalue weighted by molar-refractivity contribution is 6.30. The Balaban J connectivity index is 2.06. The molecule has 1 fully saturated rings. The molecule has 1 heterocycles. The molecule has 1 unspecified atom stereocenters. The van der Waals surface area contributed by atoms with Gasteiger partial charge in [-0.05, 0) is 17.7 Å².